The molecule has 2 atom stereocenters. The molecule has 1 rings (SSSR count). The van der Waals surface area contributed by atoms with E-state index in [0.717, 1.165) is 24.0 Å². The molecule has 3 nitrogen and oxygen atoms in total. The molecule has 1 aliphatic heterocycles. The predicted molar refractivity (Wildman–Crippen MR) is 63.3 cm³/mol. The van der Waals surface area contributed by atoms with E-state index >= 15 is 0 Å². The van der Waals surface area contributed by atoms with E-state index in [-0.39, 0.29) is 6.17 Å². The van der Waals surface area contributed by atoms with E-state index in [1.165, 1.54) is 0 Å². The third-order valence-electron chi connectivity index (χ3n) is 2.50. The highest BCUT2D eigenvalue weighted by Gasteiger charge is 2.23. The minimum absolute atomic E-state index is 0.0157. The molecule has 3 N–H and O–H groups in total. The number of nitrogens with one attached hydrogen (secondary N) is 2. The largest absolute Gasteiger partial charge is 0.375 e. The summed E-state index contributed by atoms with van der Waals surface area (Å²) >= 11 is 0. The third-order valence-corrected chi connectivity index (χ3v) is 2.50. The Morgan fingerprint density at radius 1 is 1.67 bits per heavy atom. The number of aliphatic hydroxyl groups is 1. The average Bonchev–Trinajstić information content (AvgIpc) is 2.21. The van der Waals surface area contributed by atoms with E-state index in [4.69, 9.17) is 0 Å². The van der Waals surface area contributed by atoms with Gasteiger partial charge in [-0.15, -0.1) is 0 Å². The van der Waals surface area contributed by atoms with Crippen LogP contribution in [0.1, 0.15) is 19.8 Å². The first kappa shape index (κ1) is 12.2. The molecule has 0 aromatic heterocycles. The quantitative estimate of drug-likeness (QED) is 0.610. The van der Waals surface area contributed by atoms with E-state index in [1.807, 2.05) is 6.08 Å². The lowest BCUT2D eigenvalue weighted by atomic mass is 10.1. The van der Waals surface area contributed by atoms with Crippen molar-refractivity contribution in [2.45, 2.75) is 32.2 Å². The maximum atomic E-state index is 9.78. The van der Waals surface area contributed by atoms with Crippen molar-refractivity contribution in [2.24, 2.45) is 0 Å². The van der Waals surface area contributed by atoms with Crippen LogP contribution in [0.15, 0.2) is 36.5 Å². The lowest BCUT2D eigenvalue weighted by molar-refractivity contribution is 0.134. The van der Waals surface area contributed by atoms with E-state index in [1.54, 1.807) is 6.08 Å². The number of rotatable bonds is 4. The molecule has 0 saturated carbocycles. The third kappa shape index (κ3) is 3.30. The molecule has 84 valence electrons. The van der Waals surface area contributed by atoms with E-state index in [2.05, 4.69) is 30.7 Å². The summed E-state index contributed by atoms with van der Waals surface area (Å²) in [5.74, 6) is 0. The van der Waals surface area contributed by atoms with Crippen molar-refractivity contribution in [1.82, 2.24) is 10.6 Å². The van der Waals surface area contributed by atoms with E-state index in [0.29, 0.717) is 6.54 Å². The van der Waals surface area contributed by atoms with Gasteiger partial charge in [0.05, 0.1) is 6.17 Å². The molecule has 1 saturated heterocycles. The molecule has 0 amide bonds. The van der Waals surface area contributed by atoms with Gasteiger partial charge >= 0.3 is 0 Å². The Kier molecular flexibility index (Phi) is 4.75. The summed E-state index contributed by atoms with van der Waals surface area (Å²) in [6.07, 6.45) is 4.97. The van der Waals surface area contributed by atoms with Crippen LogP contribution in [0.5, 0.6) is 0 Å². The summed E-state index contributed by atoms with van der Waals surface area (Å²) in [7, 11) is 0. The van der Waals surface area contributed by atoms with Crippen LogP contribution in [-0.2, 0) is 0 Å². The molecule has 1 aliphatic rings. The Bertz CT molecular complexity index is 271. The molecule has 0 aromatic rings. The summed E-state index contributed by atoms with van der Waals surface area (Å²) in [4.78, 5) is 0. The van der Waals surface area contributed by atoms with Gasteiger partial charge in [-0.3, -0.25) is 10.6 Å². The van der Waals surface area contributed by atoms with Crippen LogP contribution in [0, 0.1) is 0 Å². The molecule has 3 heteroatoms. The van der Waals surface area contributed by atoms with Crippen LogP contribution in [0.2, 0.25) is 0 Å². The fourth-order valence-electron chi connectivity index (χ4n) is 1.67. The zero-order chi connectivity index (χ0) is 11.3. The van der Waals surface area contributed by atoms with Crippen molar-refractivity contribution in [3.05, 3.63) is 36.5 Å². The lowest BCUT2D eigenvalue weighted by Crippen LogP contribution is -2.55. The van der Waals surface area contributed by atoms with Crippen LogP contribution >= 0.6 is 0 Å². The highest BCUT2D eigenvalue weighted by molar-refractivity contribution is 5.21. The number of aliphatic hydroxyl groups excluding tert-OH is 1. The molecule has 1 fully saturated rings. The van der Waals surface area contributed by atoms with Gasteiger partial charge in [-0.2, -0.15) is 0 Å². The lowest BCUT2D eigenvalue weighted by Gasteiger charge is -2.32. The van der Waals surface area contributed by atoms with Gasteiger partial charge in [0.1, 0.15) is 6.23 Å². The molecule has 0 aliphatic carbocycles. The maximum Gasteiger partial charge on any atom is 0.130 e. The zero-order valence-electron chi connectivity index (χ0n) is 9.29. The highest BCUT2D eigenvalue weighted by atomic mass is 16.3. The highest BCUT2D eigenvalue weighted by Crippen LogP contribution is 2.12. The van der Waals surface area contributed by atoms with E-state index < -0.39 is 6.23 Å². The van der Waals surface area contributed by atoms with Crippen LogP contribution in [-0.4, -0.2) is 24.0 Å². The van der Waals surface area contributed by atoms with E-state index in [9.17, 15) is 5.11 Å². The second-order valence-electron chi connectivity index (χ2n) is 3.77. The SMILES string of the molecule is C=C/C=C1\CNC(C(=C)CCC)NC1O. The fraction of sp³-hybridized carbons (Fsp3) is 0.500. The van der Waals surface area contributed by atoms with Gasteiger partial charge in [0.15, 0.2) is 0 Å². The Balaban J connectivity index is 2.54. The first-order valence-electron chi connectivity index (χ1n) is 5.35. The Morgan fingerprint density at radius 2 is 2.40 bits per heavy atom. The van der Waals surface area contributed by atoms with Crippen molar-refractivity contribution in [3.63, 3.8) is 0 Å². The molecule has 15 heavy (non-hydrogen) atoms. The minimum atomic E-state index is -0.595. The number of hydrogen-bond acceptors (Lipinski definition) is 3. The fourth-order valence-corrected chi connectivity index (χ4v) is 1.67. The molecular weight excluding hydrogens is 188 g/mol. The summed E-state index contributed by atoms with van der Waals surface area (Å²) in [5.41, 5.74) is 2.00. The first-order chi connectivity index (χ1) is 7.19. The van der Waals surface area contributed by atoms with Gasteiger partial charge in [-0.1, -0.05) is 38.7 Å². The van der Waals surface area contributed by atoms with Crippen molar-refractivity contribution in [1.29, 1.82) is 0 Å². The van der Waals surface area contributed by atoms with Crippen molar-refractivity contribution in [2.75, 3.05) is 6.54 Å². The molecule has 0 radical (unpaired) electrons. The van der Waals surface area contributed by atoms with Crippen LogP contribution < -0.4 is 10.6 Å². The molecule has 1 heterocycles. The Labute approximate surface area is 91.6 Å². The first-order valence-corrected chi connectivity index (χ1v) is 5.35. The van der Waals surface area contributed by atoms with Crippen LogP contribution in [0.4, 0.5) is 0 Å². The summed E-state index contributed by atoms with van der Waals surface area (Å²) in [5, 5.41) is 16.1. The van der Waals surface area contributed by atoms with Gasteiger partial charge in [0, 0.05) is 6.54 Å². The van der Waals surface area contributed by atoms with Crippen molar-refractivity contribution in [3.8, 4) is 0 Å². The van der Waals surface area contributed by atoms with Gasteiger partial charge in [-0.05, 0) is 17.6 Å². The second kappa shape index (κ2) is 5.85. The molecule has 0 spiro atoms. The second-order valence-corrected chi connectivity index (χ2v) is 3.77. The average molecular weight is 208 g/mol. The number of allylic oxidation sites excluding steroid dienone is 2. The predicted octanol–water partition coefficient (Wildman–Crippen LogP) is 1.29. The van der Waals surface area contributed by atoms with Gasteiger partial charge in [-0.25, -0.2) is 0 Å². The van der Waals surface area contributed by atoms with Crippen molar-refractivity contribution < 1.29 is 5.11 Å². The van der Waals surface area contributed by atoms with Crippen molar-refractivity contribution >= 4 is 0 Å². The minimum Gasteiger partial charge on any atom is -0.375 e. The Morgan fingerprint density at radius 3 is 2.93 bits per heavy atom. The molecular formula is C12H20N2O. The number of hydrogen-bond donors (Lipinski definition) is 3. The molecule has 2 unspecified atom stereocenters. The summed E-state index contributed by atoms with van der Waals surface area (Å²) in [6, 6.07) is 0. The normalized spacial score (nSPS) is 29.1. The smallest absolute Gasteiger partial charge is 0.130 e. The summed E-state index contributed by atoms with van der Waals surface area (Å²) in [6.45, 7) is 10.4. The maximum absolute atomic E-state index is 9.78. The zero-order valence-corrected chi connectivity index (χ0v) is 9.29. The van der Waals surface area contributed by atoms with Crippen LogP contribution in [0.3, 0.4) is 0 Å². The summed E-state index contributed by atoms with van der Waals surface area (Å²) < 4.78 is 0. The van der Waals surface area contributed by atoms with Gasteiger partial charge in [0.25, 0.3) is 0 Å². The molecule has 0 bridgehead atoms. The topological polar surface area (TPSA) is 44.3 Å². The van der Waals surface area contributed by atoms with Gasteiger partial charge in [0.2, 0.25) is 0 Å². The van der Waals surface area contributed by atoms with Gasteiger partial charge < -0.3 is 5.11 Å². The monoisotopic (exact) mass is 208 g/mol. The standard InChI is InChI=1S/C12H20N2O/c1-4-6-9(3)11-13-8-10(7-5-2)12(15)14-11/h5,7,11-15H,2-4,6,8H2,1H3/b10-7+. The Hall–Kier alpha value is -0.900. The van der Waals surface area contributed by atoms with Crippen LogP contribution in [0.25, 0.3) is 0 Å². The molecule has 0 aromatic carbocycles.